The molecule has 0 fully saturated rings. The molecular formula is C12H15F3N2O4S. The molecule has 0 aliphatic carbocycles. The van der Waals surface area contributed by atoms with Gasteiger partial charge in [-0.05, 0) is 12.1 Å². The van der Waals surface area contributed by atoms with E-state index in [1.807, 2.05) is 0 Å². The first-order valence-electron chi connectivity index (χ1n) is 5.96. The van der Waals surface area contributed by atoms with Crippen molar-refractivity contribution in [2.75, 3.05) is 27.7 Å². The molecule has 0 saturated heterocycles. The number of hydrogen-bond acceptors (Lipinski definition) is 4. The summed E-state index contributed by atoms with van der Waals surface area (Å²) in [5.74, 6) is -1.36. The van der Waals surface area contributed by atoms with Crippen molar-refractivity contribution in [3.05, 3.63) is 24.3 Å². The minimum absolute atomic E-state index is 0.504. The third kappa shape index (κ3) is 4.60. The van der Waals surface area contributed by atoms with Gasteiger partial charge < -0.3 is 9.64 Å². The summed E-state index contributed by atoms with van der Waals surface area (Å²) in [6, 6.07) is 4.35. The number of para-hydroxylation sites is 1. The van der Waals surface area contributed by atoms with E-state index in [1.165, 1.54) is 31.1 Å². The number of rotatable bonds is 5. The Morgan fingerprint density at radius 2 is 1.73 bits per heavy atom. The van der Waals surface area contributed by atoms with Gasteiger partial charge in [0.25, 0.3) is 0 Å². The van der Waals surface area contributed by atoms with Crippen LogP contribution in [0.1, 0.15) is 0 Å². The van der Waals surface area contributed by atoms with Gasteiger partial charge in [0, 0.05) is 21.1 Å². The lowest BCUT2D eigenvalue weighted by atomic mass is 10.3. The molecule has 0 heterocycles. The van der Waals surface area contributed by atoms with Gasteiger partial charge in [-0.1, -0.05) is 12.1 Å². The summed E-state index contributed by atoms with van der Waals surface area (Å²) >= 11 is 0. The number of nitrogens with zero attached hydrogens (tertiary/aromatic N) is 2. The molecular weight excluding hydrogens is 325 g/mol. The van der Waals surface area contributed by atoms with Gasteiger partial charge in [-0.15, -0.1) is 13.2 Å². The number of likely N-dealkylation sites (N-methyl/N-ethyl adjacent to an activating group) is 2. The Labute approximate surface area is 126 Å². The van der Waals surface area contributed by atoms with Crippen molar-refractivity contribution in [1.82, 2.24) is 9.21 Å². The van der Waals surface area contributed by atoms with E-state index in [0.29, 0.717) is 4.31 Å². The maximum absolute atomic E-state index is 12.3. The highest BCUT2D eigenvalue weighted by Crippen LogP contribution is 2.30. The quantitative estimate of drug-likeness (QED) is 0.810. The molecule has 124 valence electrons. The van der Waals surface area contributed by atoms with E-state index < -0.39 is 39.5 Å². The number of sulfonamides is 1. The molecule has 0 unspecified atom stereocenters. The summed E-state index contributed by atoms with van der Waals surface area (Å²) < 4.78 is 66.0. The summed E-state index contributed by atoms with van der Waals surface area (Å²) in [5, 5.41) is 0. The highest BCUT2D eigenvalue weighted by Gasteiger charge is 2.35. The number of carbonyl (C=O) groups excluding carboxylic acids is 1. The van der Waals surface area contributed by atoms with Gasteiger partial charge in [0.05, 0.1) is 6.54 Å². The Balaban J connectivity index is 3.15. The van der Waals surface area contributed by atoms with Gasteiger partial charge in [0.2, 0.25) is 15.9 Å². The van der Waals surface area contributed by atoms with E-state index in [2.05, 4.69) is 4.74 Å². The summed E-state index contributed by atoms with van der Waals surface area (Å²) in [5.41, 5.74) is 0. The Morgan fingerprint density at radius 1 is 1.18 bits per heavy atom. The SMILES string of the molecule is CN(C)C(=O)CN(C)S(=O)(=O)c1ccccc1OC(F)(F)F. The van der Waals surface area contributed by atoms with Crippen molar-refractivity contribution in [1.29, 1.82) is 0 Å². The van der Waals surface area contributed by atoms with Gasteiger partial charge in [0.1, 0.15) is 10.6 Å². The van der Waals surface area contributed by atoms with Crippen LogP contribution in [0.3, 0.4) is 0 Å². The Morgan fingerprint density at radius 3 is 2.23 bits per heavy atom. The number of halogens is 3. The van der Waals surface area contributed by atoms with Crippen molar-refractivity contribution in [3.8, 4) is 5.75 Å². The highest BCUT2D eigenvalue weighted by molar-refractivity contribution is 7.89. The molecule has 0 spiro atoms. The number of benzene rings is 1. The molecule has 0 aliphatic rings. The molecule has 0 aromatic heterocycles. The molecule has 0 aliphatic heterocycles. The summed E-state index contributed by atoms with van der Waals surface area (Å²) in [4.78, 5) is 12.1. The van der Waals surface area contributed by atoms with E-state index in [1.54, 1.807) is 0 Å². The van der Waals surface area contributed by atoms with Crippen molar-refractivity contribution in [2.45, 2.75) is 11.3 Å². The van der Waals surface area contributed by atoms with Gasteiger partial charge in [-0.25, -0.2) is 8.42 Å². The number of alkyl halides is 3. The fraction of sp³-hybridized carbons (Fsp3) is 0.417. The molecule has 1 aromatic carbocycles. The Bertz CT molecular complexity index is 644. The summed E-state index contributed by atoms with van der Waals surface area (Å²) in [6.07, 6.45) is -5.02. The molecule has 1 aromatic rings. The third-order valence-electron chi connectivity index (χ3n) is 2.62. The first-order chi connectivity index (χ1) is 9.95. The van der Waals surface area contributed by atoms with E-state index >= 15 is 0 Å². The van der Waals surface area contributed by atoms with Crippen LogP contribution in [0.5, 0.6) is 5.75 Å². The minimum Gasteiger partial charge on any atom is -0.404 e. The van der Waals surface area contributed by atoms with Gasteiger partial charge in [-0.2, -0.15) is 4.31 Å². The van der Waals surface area contributed by atoms with Crippen molar-refractivity contribution >= 4 is 15.9 Å². The average molecular weight is 340 g/mol. The first-order valence-corrected chi connectivity index (χ1v) is 7.40. The monoisotopic (exact) mass is 340 g/mol. The maximum Gasteiger partial charge on any atom is 0.573 e. The Hall–Kier alpha value is -1.81. The first kappa shape index (κ1) is 18.2. The Kier molecular flexibility index (Phi) is 5.41. The lowest BCUT2D eigenvalue weighted by molar-refractivity contribution is -0.275. The molecule has 0 bridgehead atoms. The van der Waals surface area contributed by atoms with Crippen LogP contribution in [0.15, 0.2) is 29.2 Å². The number of ether oxygens (including phenoxy) is 1. The predicted molar refractivity (Wildman–Crippen MR) is 71.6 cm³/mol. The third-order valence-corrected chi connectivity index (χ3v) is 4.46. The van der Waals surface area contributed by atoms with Gasteiger partial charge in [0.15, 0.2) is 0 Å². The van der Waals surface area contributed by atoms with Crippen LogP contribution in [0, 0.1) is 0 Å². The fourth-order valence-corrected chi connectivity index (χ4v) is 2.69. The summed E-state index contributed by atoms with van der Waals surface area (Å²) in [6.45, 7) is -0.504. The molecule has 0 saturated carbocycles. The number of hydrogen-bond donors (Lipinski definition) is 0. The number of amides is 1. The molecule has 1 rings (SSSR count). The van der Waals surface area contributed by atoms with Gasteiger partial charge >= 0.3 is 6.36 Å². The van der Waals surface area contributed by atoms with Gasteiger partial charge in [-0.3, -0.25) is 4.79 Å². The predicted octanol–water partition coefficient (Wildman–Crippen LogP) is 1.29. The maximum atomic E-state index is 12.3. The second-order valence-corrected chi connectivity index (χ2v) is 6.56. The summed E-state index contributed by atoms with van der Waals surface area (Å²) in [7, 11) is -0.343. The zero-order valence-electron chi connectivity index (χ0n) is 12.1. The molecule has 10 heteroatoms. The van der Waals surface area contributed by atoms with Crippen LogP contribution in [0.4, 0.5) is 13.2 Å². The van der Waals surface area contributed by atoms with Crippen LogP contribution in [0.25, 0.3) is 0 Å². The fourth-order valence-electron chi connectivity index (χ4n) is 1.46. The topological polar surface area (TPSA) is 66.9 Å². The van der Waals surface area contributed by atoms with Crippen LogP contribution < -0.4 is 4.74 Å². The normalized spacial score (nSPS) is 12.3. The lowest BCUT2D eigenvalue weighted by Crippen LogP contribution is -2.38. The van der Waals surface area contributed by atoms with E-state index in [4.69, 9.17) is 0 Å². The number of carbonyl (C=O) groups is 1. The second-order valence-electron chi connectivity index (χ2n) is 4.54. The largest absolute Gasteiger partial charge is 0.573 e. The molecule has 1 amide bonds. The van der Waals surface area contributed by atoms with E-state index in [-0.39, 0.29) is 0 Å². The van der Waals surface area contributed by atoms with Crippen molar-refractivity contribution in [3.63, 3.8) is 0 Å². The zero-order chi connectivity index (χ0) is 17.1. The standard InChI is InChI=1S/C12H15F3N2O4S/c1-16(2)11(18)8-17(3)22(19,20)10-7-5-4-6-9(10)21-12(13,14)15/h4-7H,8H2,1-3H3. The molecule has 6 nitrogen and oxygen atoms in total. The molecule has 0 radical (unpaired) electrons. The van der Waals surface area contributed by atoms with Crippen LogP contribution in [-0.2, 0) is 14.8 Å². The smallest absolute Gasteiger partial charge is 0.404 e. The van der Waals surface area contributed by atoms with E-state index in [9.17, 15) is 26.4 Å². The highest BCUT2D eigenvalue weighted by atomic mass is 32.2. The average Bonchev–Trinajstić information content (AvgIpc) is 2.36. The minimum atomic E-state index is -5.02. The van der Waals surface area contributed by atoms with Crippen LogP contribution >= 0.6 is 0 Å². The molecule has 22 heavy (non-hydrogen) atoms. The van der Waals surface area contributed by atoms with E-state index in [0.717, 1.165) is 19.2 Å². The molecule has 0 atom stereocenters. The van der Waals surface area contributed by atoms with Crippen molar-refractivity contribution < 1.29 is 31.1 Å². The van der Waals surface area contributed by atoms with Crippen LogP contribution in [0.2, 0.25) is 0 Å². The van der Waals surface area contributed by atoms with Crippen LogP contribution in [-0.4, -0.2) is 57.6 Å². The second kappa shape index (κ2) is 6.53. The molecule has 0 N–H and O–H groups in total. The van der Waals surface area contributed by atoms with Crippen molar-refractivity contribution in [2.24, 2.45) is 0 Å². The lowest BCUT2D eigenvalue weighted by Gasteiger charge is -2.20. The zero-order valence-corrected chi connectivity index (χ0v) is 12.9.